The van der Waals surface area contributed by atoms with E-state index in [1.807, 2.05) is 6.92 Å². The molecular weight excluding hydrogens is 244 g/mol. The highest BCUT2D eigenvalue weighted by molar-refractivity contribution is 6.21. The van der Waals surface area contributed by atoms with Crippen molar-refractivity contribution in [3.63, 3.8) is 0 Å². The number of rotatable bonds is 6. The summed E-state index contributed by atoms with van der Waals surface area (Å²) in [5, 5.41) is 11.0. The maximum Gasteiger partial charge on any atom is 0.277 e. The van der Waals surface area contributed by atoms with E-state index < -0.39 is 4.92 Å². The zero-order valence-electron chi connectivity index (χ0n) is 11.4. The molecule has 0 aliphatic rings. The van der Waals surface area contributed by atoms with E-state index in [0.29, 0.717) is 24.0 Å². The van der Waals surface area contributed by atoms with Crippen molar-refractivity contribution in [2.45, 2.75) is 19.8 Å². The molecule has 0 N–H and O–H groups in total. The molecule has 0 saturated carbocycles. The second-order valence-corrected chi connectivity index (χ2v) is 4.45. The Morgan fingerprint density at radius 1 is 1.37 bits per heavy atom. The van der Waals surface area contributed by atoms with E-state index in [1.54, 1.807) is 43.4 Å². The van der Waals surface area contributed by atoms with Gasteiger partial charge in [0.2, 0.25) is 0 Å². The first-order chi connectivity index (χ1) is 8.97. The lowest BCUT2D eigenvalue weighted by Crippen LogP contribution is -2.10. The minimum Gasteiger partial charge on any atom is -0.383 e. The lowest BCUT2D eigenvalue weighted by atomic mass is 9.98. The van der Waals surface area contributed by atoms with Gasteiger partial charge < -0.3 is 4.90 Å². The maximum atomic E-state index is 12.1. The fourth-order valence-electron chi connectivity index (χ4n) is 1.77. The summed E-state index contributed by atoms with van der Waals surface area (Å²) in [4.78, 5) is 24.4. The first-order valence-electron chi connectivity index (χ1n) is 6.12. The topological polar surface area (TPSA) is 63.5 Å². The third-order valence-electron chi connectivity index (χ3n) is 2.56. The number of carbonyl (C=O) groups is 1. The molecule has 1 aromatic carbocycles. The van der Waals surface area contributed by atoms with Crippen molar-refractivity contribution in [1.29, 1.82) is 0 Å². The third kappa shape index (κ3) is 3.91. The molecule has 0 unspecified atom stereocenters. The average Bonchev–Trinajstić information content (AvgIpc) is 2.36. The Kier molecular flexibility index (Phi) is 5.23. The number of Topliss-reactive ketones (excluding diaryl/α,β-unsaturated/α-hetero) is 1. The van der Waals surface area contributed by atoms with Crippen molar-refractivity contribution in [1.82, 2.24) is 4.90 Å². The Labute approximate surface area is 112 Å². The van der Waals surface area contributed by atoms with Crippen molar-refractivity contribution in [3.05, 3.63) is 46.1 Å². The van der Waals surface area contributed by atoms with Crippen LogP contribution in [0.2, 0.25) is 0 Å². The van der Waals surface area contributed by atoms with Crippen molar-refractivity contribution >= 4 is 17.0 Å². The standard InChI is InChI=1S/C14H18N2O3/c1-4-7-14(17)12(10-15(2)3)11-8-5-6-9-13(11)16(18)19/h5-6,8-10H,4,7H2,1-3H3. The Morgan fingerprint density at radius 2 is 2.00 bits per heavy atom. The number of benzene rings is 1. The lowest BCUT2D eigenvalue weighted by molar-refractivity contribution is -0.385. The predicted molar refractivity (Wildman–Crippen MR) is 74.7 cm³/mol. The van der Waals surface area contributed by atoms with Gasteiger partial charge in [-0.1, -0.05) is 19.1 Å². The van der Waals surface area contributed by atoms with Gasteiger partial charge in [-0.2, -0.15) is 0 Å². The smallest absolute Gasteiger partial charge is 0.277 e. The number of nitro benzene ring substituents is 1. The van der Waals surface area contributed by atoms with Crippen LogP contribution in [-0.2, 0) is 4.79 Å². The van der Waals surface area contributed by atoms with Gasteiger partial charge in [-0.15, -0.1) is 0 Å². The van der Waals surface area contributed by atoms with Crippen LogP contribution in [0, 0.1) is 10.1 Å². The Hall–Kier alpha value is -2.17. The van der Waals surface area contributed by atoms with Crippen LogP contribution in [0.1, 0.15) is 25.3 Å². The average molecular weight is 262 g/mol. The Morgan fingerprint density at radius 3 is 2.53 bits per heavy atom. The molecule has 19 heavy (non-hydrogen) atoms. The lowest BCUT2D eigenvalue weighted by Gasteiger charge is -2.11. The minimum absolute atomic E-state index is 0.0416. The van der Waals surface area contributed by atoms with Gasteiger partial charge in [0.1, 0.15) is 0 Å². The number of carbonyl (C=O) groups excluding carboxylic acids is 1. The summed E-state index contributed by atoms with van der Waals surface area (Å²) in [5.74, 6) is -0.0782. The molecule has 1 aromatic rings. The van der Waals surface area contributed by atoms with Crippen LogP contribution in [0.25, 0.3) is 5.57 Å². The molecule has 0 saturated heterocycles. The van der Waals surface area contributed by atoms with E-state index in [9.17, 15) is 14.9 Å². The number of para-hydroxylation sites is 1. The molecule has 0 aromatic heterocycles. The van der Waals surface area contributed by atoms with Crippen molar-refractivity contribution in [2.75, 3.05) is 14.1 Å². The third-order valence-corrected chi connectivity index (χ3v) is 2.56. The summed E-state index contributed by atoms with van der Waals surface area (Å²) >= 11 is 0. The Bertz CT molecular complexity index is 507. The van der Waals surface area contributed by atoms with Crippen molar-refractivity contribution in [2.24, 2.45) is 0 Å². The van der Waals surface area contributed by atoms with Gasteiger partial charge in [0, 0.05) is 38.4 Å². The van der Waals surface area contributed by atoms with Crippen LogP contribution in [0.15, 0.2) is 30.5 Å². The molecule has 102 valence electrons. The first-order valence-corrected chi connectivity index (χ1v) is 6.12. The summed E-state index contributed by atoms with van der Waals surface area (Å²) in [6.07, 6.45) is 2.73. The minimum atomic E-state index is -0.460. The van der Waals surface area contributed by atoms with Crippen LogP contribution in [0.5, 0.6) is 0 Å². The highest BCUT2D eigenvalue weighted by Gasteiger charge is 2.20. The quantitative estimate of drug-likeness (QED) is 0.449. The van der Waals surface area contributed by atoms with Crippen LogP contribution in [0.3, 0.4) is 0 Å². The fraction of sp³-hybridized carbons (Fsp3) is 0.357. The molecule has 0 aliphatic carbocycles. The molecule has 1 rings (SSSR count). The molecule has 0 amide bonds. The normalized spacial score (nSPS) is 11.2. The van der Waals surface area contributed by atoms with Gasteiger partial charge in [-0.05, 0) is 12.5 Å². The largest absolute Gasteiger partial charge is 0.383 e. The molecule has 0 aliphatic heterocycles. The first kappa shape index (κ1) is 14.9. The van der Waals surface area contributed by atoms with E-state index in [1.165, 1.54) is 6.07 Å². The molecule has 0 spiro atoms. The number of allylic oxidation sites excluding steroid dienone is 1. The summed E-state index contributed by atoms with van der Waals surface area (Å²) < 4.78 is 0. The van der Waals surface area contributed by atoms with Gasteiger partial charge in [-0.3, -0.25) is 14.9 Å². The maximum absolute atomic E-state index is 12.1. The number of ketones is 1. The molecule has 0 fully saturated rings. The van der Waals surface area contributed by atoms with E-state index in [2.05, 4.69) is 0 Å². The molecule has 0 heterocycles. The number of nitro groups is 1. The van der Waals surface area contributed by atoms with Gasteiger partial charge in [0.15, 0.2) is 5.78 Å². The molecule has 5 heteroatoms. The molecule has 0 bridgehead atoms. The highest BCUT2D eigenvalue weighted by Crippen LogP contribution is 2.27. The zero-order chi connectivity index (χ0) is 14.4. The van der Waals surface area contributed by atoms with E-state index in [0.717, 1.165) is 0 Å². The van der Waals surface area contributed by atoms with Crippen LogP contribution in [0.4, 0.5) is 5.69 Å². The second-order valence-electron chi connectivity index (χ2n) is 4.45. The van der Waals surface area contributed by atoms with Crippen LogP contribution in [-0.4, -0.2) is 29.7 Å². The number of hydrogen-bond acceptors (Lipinski definition) is 4. The summed E-state index contributed by atoms with van der Waals surface area (Å²) in [5.41, 5.74) is 0.721. The van der Waals surface area contributed by atoms with Crippen LogP contribution < -0.4 is 0 Å². The van der Waals surface area contributed by atoms with Crippen molar-refractivity contribution < 1.29 is 9.72 Å². The van der Waals surface area contributed by atoms with E-state index in [-0.39, 0.29) is 11.5 Å². The fourth-order valence-corrected chi connectivity index (χ4v) is 1.77. The number of hydrogen-bond donors (Lipinski definition) is 0. The summed E-state index contributed by atoms with van der Waals surface area (Å²) in [7, 11) is 3.57. The van der Waals surface area contributed by atoms with Gasteiger partial charge in [0.25, 0.3) is 5.69 Å². The van der Waals surface area contributed by atoms with E-state index in [4.69, 9.17) is 0 Å². The highest BCUT2D eigenvalue weighted by atomic mass is 16.6. The monoisotopic (exact) mass is 262 g/mol. The molecule has 0 atom stereocenters. The van der Waals surface area contributed by atoms with Crippen LogP contribution >= 0.6 is 0 Å². The molecule has 0 radical (unpaired) electrons. The Balaban J connectivity index is 3.34. The van der Waals surface area contributed by atoms with Gasteiger partial charge in [0.05, 0.1) is 10.5 Å². The molecule has 5 nitrogen and oxygen atoms in total. The number of nitrogens with zero attached hydrogens (tertiary/aromatic N) is 2. The van der Waals surface area contributed by atoms with E-state index >= 15 is 0 Å². The summed E-state index contributed by atoms with van der Waals surface area (Å²) in [6, 6.07) is 6.32. The molecular formula is C14H18N2O3. The summed E-state index contributed by atoms with van der Waals surface area (Å²) in [6.45, 7) is 1.91. The van der Waals surface area contributed by atoms with Gasteiger partial charge in [-0.25, -0.2) is 0 Å². The second kappa shape index (κ2) is 6.68. The van der Waals surface area contributed by atoms with Crippen molar-refractivity contribution in [3.8, 4) is 0 Å². The predicted octanol–water partition coefficient (Wildman–Crippen LogP) is 2.87. The zero-order valence-corrected chi connectivity index (χ0v) is 11.4. The van der Waals surface area contributed by atoms with Gasteiger partial charge >= 0.3 is 0 Å². The SMILES string of the molecule is CCCC(=O)C(=CN(C)C)c1ccccc1[N+](=O)[O-].